The predicted molar refractivity (Wildman–Crippen MR) is 109 cm³/mol. The number of rotatable bonds is 6. The highest BCUT2D eigenvalue weighted by molar-refractivity contribution is 5.85. The molecule has 2 aromatic carbocycles. The van der Waals surface area contributed by atoms with Gasteiger partial charge in [-0.05, 0) is 55.2 Å². The van der Waals surface area contributed by atoms with Gasteiger partial charge in [0.2, 0.25) is 0 Å². The molecule has 4 rings (SSSR count). The molecular formula is C23H29N2O2+. The second-order valence-electron chi connectivity index (χ2n) is 7.53. The van der Waals surface area contributed by atoms with E-state index in [1.54, 1.807) is 14.2 Å². The summed E-state index contributed by atoms with van der Waals surface area (Å²) in [5.41, 5.74) is 6.88. The summed E-state index contributed by atoms with van der Waals surface area (Å²) in [6, 6.07) is 13.5. The maximum Gasteiger partial charge on any atom is 0.160 e. The Labute approximate surface area is 160 Å². The number of quaternary nitrogens is 1. The van der Waals surface area contributed by atoms with Gasteiger partial charge in [0.25, 0.3) is 0 Å². The maximum atomic E-state index is 5.42. The molecule has 1 heterocycles. The van der Waals surface area contributed by atoms with E-state index in [0.29, 0.717) is 6.04 Å². The highest BCUT2D eigenvalue weighted by atomic mass is 16.5. The number of aromatic nitrogens is 1. The van der Waals surface area contributed by atoms with Crippen LogP contribution in [0.3, 0.4) is 0 Å². The van der Waals surface area contributed by atoms with E-state index in [0.717, 1.165) is 24.5 Å². The van der Waals surface area contributed by atoms with Gasteiger partial charge in [-0.2, -0.15) is 0 Å². The quantitative estimate of drug-likeness (QED) is 0.700. The van der Waals surface area contributed by atoms with Crippen LogP contribution in [0.15, 0.2) is 36.4 Å². The molecule has 1 aromatic heterocycles. The monoisotopic (exact) mass is 365 g/mol. The molecule has 0 radical (unpaired) electrons. The third kappa shape index (κ3) is 3.54. The number of benzene rings is 2. The topological polar surface area (TPSA) is 50.9 Å². The standard InChI is InChI=1S/C23H28N2O2/c1-15-7-9-19-18(13-15)17-5-4-6-20(23(17)25-19)24-12-11-16-8-10-21(26-2)22(14-16)27-3/h7-10,13-14,20,24-25H,4-6,11-12H2,1-3H3/p+1/t20-/m0/s1. The van der Waals surface area contributed by atoms with Gasteiger partial charge < -0.3 is 19.8 Å². The fourth-order valence-electron chi connectivity index (χ4n) is 4.33. The van der Waals surface area contributed by atoms with Crippen molar-refractivity contribution in [2.75, 3.05) is 20.8 Å². The average Bonchev–Trinajstić information content (AvgIpc) is 3.06. The Balaban J connectivity index is 1.47. The summed E-state index contributed by atoms with van der Waals surface area (Å²) in [5, 5.41) is 3.92. The van der Waals surface area contributed by atoms with Crippen LogP contribution in [0.2, 0.25) is 0 Å². The zero-order chi connectivity index (χ0) is 18.8. The summed E-state index contributed by atoms with van der Waals surface area (Å²) in [4.78, 5) is 3.71. The number of ether oxygens (including phenoxy) is 2. The molecule has 0 spiro atoms. The van der Waals surface area contributed by atoms with Crippen molar-refractivity contribution >= 4 is 10.9 Å². The smallest absolute Gasteiger partial charge is 0.160 e. The first-order chi connectivity index (χ1) is 13.2. The van der Waals surface area contributed by atoms with Crippen LogP contribution in [-0.4, -0.2) is 25.7 Å². The van der Waals surface area contributed by atoms with Gasteiger partial charge in [-0.3, -0.25) is 0 Å². The fourth-order valence-corrected chi connectivity index (χ4v) is 4.33. The van der Waals surface area contributed by atoms with Crippen LogP contribution in [0.5, 0.6) is 11.5 Å². The molecule has 27 heavy (non-hydrogen) atoms. The van der Waals surface area contributed by atoms with Crippen molar-refractivity contribution in [2.24, 2.45) is 0 Å². The normalized spacial score (nSPS) is 16.3. The van der Waals surface area contributed by atoms with Crippen molar-refractivity contribution in [1.29, 1.82) is 0 Å². The molecule has 0 aliphatic heterocycles. The molecule has 0 fully saturated rings. The van der Waals surface area contributed by atoms with E-state index in [1.165, 1.54) is 52.5 Å². The lowest BCUT2D eigenvalue weighted by Gasteiger charge is -2.21. The Morgan fingerprint density at radius 2 is 1.93 bits per heavy atom. The largest absolute Gasteiger partial charge is 0.493 e. The summed E-state index contributed by atoms with van der Waals surface area (Å²) in [5.74, 6) is 1.59. The molecule has 0 unspecified atom stereocenters. The lowest BCUT2D eigenvalue weighted by molar-refractivity contribution is -0.697. The first-order valence-electron chi connectivity index (χ1n) is 9.85. The number of hydrogen-bond acceptors (Lipinski definition) is 2. The van der Waals surface area contributed by atoms with Gasteiger partial charge in [-0.15, -0.1) is 0 Å². The van der Waals surface area contributed by atoms with E-state index in [9.17, 15) is 0 Å². The highest BCUT2D eigenvalue weighted by Gasteiger charge is 2.26. The van der Waals surface area contributed by atoms with Crippen molar-refractivity contribution in [2.45, 2.75) is 38.6 Å². The zero-order valence-electron chi connectivity index (χ0n) is 16.5. The average molecular weight is 365 g/mol. The minimum absolute atomic E-state index is 0.529. The maximum absolute atomic E-state index is 5.42. The van der Waals surface area contributed by atoms with Crippen molar-refractivity contribution in [3.8, 4) is 11.5 Å². The summed E-state index contributed by atoms with van der Waals surface area (Å²) >= 11 is 0. The highest BCUT2D eigenvalue weighted by Crippen LogP contribution is 2.33. The molecule has 142 valence electrons. The second-order valence-corrected chi connectivity index (χ2v) is 7.53. The van der Waals surface area contributed by atoms with Crippen LogP contribution in [0.4, 0.5) is 0 Å². The third-order valence-electron chi connectivity index (χ3n) is 5.74. The minimum atomic E-state index is 0.529. The number of fused-ring (bicyclic) bond motifs is 3. The molecule has 0 saturated heterocycles. The first kappa shape index (κ1) is 17.9. The molecule has 4 heteroatoms. The van der Waals surface area contributed by atoms with Gasteiger partial charge >= 0.3 is 0 Å². The van der Waals surface area contributed by atoms with Gasteiger partial charge in [0, 0.05) is 23.7 Å². The van der Waals surface area contributed by atoms with Crippen molar-refractivity contribution in [3.63, 3.8) is 0 Å². The number of H-pyrrole nitrogens is 1. The van der Waals surface area contributed by atoms with Crippen LogP contribution in [-0.2, 0) is 12.8 Å². The predicted octanol–water partition coefficient (Wildman–Crippen LogP) is 3.68. The second kappa shape index (κ2) is 7.65. The van der Waals surface area contributed by atoms with Gasteiger partial charge in [0.1, 0.15) is 6.04 Å². The molecule has 3 aromatic rings. The summed E-state index contributed by atoms with van der Waals surface area (Å²) in [7, 11) is 3.36. The minimum Gasteiger partial charge on any atom is -0.493 e. The van der Waals surface area contributed by atoms with Crippen LogP contribution in [0.1, 0.15) is 41.3 Å². The summed E-state index contributed by atoms with van der Waals surface area (Å²) in [6.07, 6.45) is 4.72. The number of nitrogens with one attached hydrogen (secondary N) is 1. The lowest BCUT2D eigenvalue weighted by atomic mass is 9.91. The van der Waals surface area contributed by atoms with E-state index in [1.807, 2.05) is 6.07 Å². The Kier molecular flexibility index (Phi) is 5.08. The van der Waals surface area contributed by atoms with Crippen molar-refractivity contribution < 1.29 is 14.8 Å². The van der Waals surface area contributed by atoms with Gasteiger partial charge in [0.05, 0.1) is 26.5 Å². The Bertz CT molecular complexity index is 945. The summed E-state index contributed by atoms with van der Waals surface area (Å²) < 4.78 is 10.8. The Hall–Kier alpha value is -2.46. The van der Waals surface area contributed by atoms with E-state index < -0.39 is 0 Å². The van der Waals surface area contributed by atoms with E-state index in [4.69, 9.17) is 9.47 Å². The van der Waals surface area contributed by atoms with E-state index >= 15 is 0 Å². The number of nitrogens with two attached hydrogens (primary N) is 1. The van der Waals surface area contributed by atoms with Crippen LogP contribution in [0, 0.1) is 6.92 Å². The molecule has 0 amide bonds. The zero-order valence-corrected chi connectivity index (χ0v) is 16.5. The summed E-state index contributed by atoms with van der Waals surface area (Å²) in [6.45, 7) is 3.24. The third-order valence-corrected chi connectivity index (χ3v) is 5.74. The molecule has 0 saturated carbocycles. The number of aryl methyl sites for hydroxylation is 2. The molecule has 4 nitrogen and oxygen atoms in total. The van der Waals surface area contributed by atoms with Gasteiger partial charge in [-0.1, -0.05) is 17.7 Å². The molecule has 1 aliphatic rings. The molecule has 1 atom stereocenters. The first-order valence-corrected chi connectivity index (χ1v) is 9.85. The van der Waals surface area contributed by atoms with Gasteiger partial charge in [-0.25, -0.2) is 0 Å². The molecular weight excluding hydrogens is 336 g/mol. The number of aromatic amines is 1. The Morgan fingerprint density at radius 1 is 1.07 bits per heavy atom. The van der Waals surface area contributed by atoms with Crippen LogP contribution >= 0.6 is 0 Å². The molecule has 0 bridgehead atoms. The van der Waals surface area contributed by atoms with Crippen molar-refractivity contribution in [3.05, 3.63) is 58.8 Å². The van der Waals surface area contributed by atoms with E-state index in [2.05, 4.69) is 47.6 Å². The van der Waals surface area contributed by atoms with Crippen LogP contribution < -0.4 is 14.8 Å². The van der Waals surface area contributed by atoms with Gasteiger partial charge in [0.15, 0.2) is 11.5 Å². The SMILES string of the molecule is COc1ccc(CC[NH2+][C@H]2CCCc3c2[nH]c2ccc(C)cc32)cc1OC. The lowest BCUT2D eigenvalue weighted by Crippen LogP contribution is -2.86. The van der Waals surface area contributed by atoms with Crippen molar-refractivity contribution in [1.82, 2.24) is 4.98 Å². The Morgan fingerprint density at radius 3 is 2.74 bits per heavy atom. The molecule has 1 aliphatic carbocycles. The fraction of sp³-hybridized carbons (Fsp3) is 0.391. The molecule has 3 N–H and O–H groups in total. The van der Waals surface area contributed by atoms with E-state index in [-0.39, 0.29) is 0 Å². The van der Waals surface area contributed by atoms with Crippen LogP contribution in [0.25, 0.3) is 10.9 Å². The number of hydrogen-bond donors (Lipinski definition) is 2. The number of methoxy groups -OCH3 is 2.